The summed E-state index contributed by atoms with van der Waals surface area (Å²) in [6.45, 7) is 0. The van der Waals surface area contributed by atoms with E-state index >= 15 is 0 Å². The van der Waals surface area contributed by atoms with Gasteiger partial charge in [-0.25, -0.2) is 8.42 Å². The number of amides is 1. The first-order chi connectivity index (χ1) is 11.2. The maximum atomic E-state index is 13.1. The number of nitrogens with zero attached hydrogens (tertiary/aromatic N) is 1. The lowest BCUT2D eigenvalue weighted by molar-refractivity contribution is -0.170. The molecular weight excluding hydrogens is 343 g/mol. The molecule has 1 fully saturated rings. The van der Waals surface area contributed by atoms with Gasteiger partial charge >= 0.3 is 12.1 Å². The first-order valence-electron chi connectivity index (χ1n) is 7.28. The number of sulfone groups is 1. The molecule has 1 atom stereocenters. The molecule has 1 aliphatic rings. The zero-order valence-corrected chi connectivity index (χ0v) is 13.3. The van der Waals surface area contributed by atoms with Crippen LogP contribution >= 0.6 is 0 Å². The van der Waals surface area contributed by atoms with E-state index in [9.17, 15) is 26.4 Å². The van der Waals surface area contributed by atoms with E-state index in [1.54, 1.807) is 36.4 Å². The summed E-state index contributed by atoms with van der Waals surface area (Å²) in [6, 6.07) is 10.4. The molecule has 0 bridgehead atoms. The minimum atomic E-state index is -5.08. The summed E-state index contributed by atoms with van der Waals surface area (Å²) in [7, 11) is -3.44. The Bertz CT molecular complexity index is 888. The monoisotopic (exact) mass is 357 g/mol. The second kappa shape index (κ2) is 5.77. The SMILES string of the molecule is O=C(N(c1cccc2ccccc12)C1CCS(=O)(=O)C1)C(F)(F)F. The summed E-state index contributed by atoms with van der Waals surface area (Å²) >= 11 is 0. The van der Waals surface area contributed by atoms with Gasteiger partial charge in [-0.05, 0) is 17.9 Å². The van der Waals surface area contributed by atoms with Gasteiger partial charge in [0.25, 0.3) is 0 Å². The normalized spacial score (nSPS) is 20.2. The molecule has 0 radical (unpaired) electrons. The third-order valence-corrected chi connectivity index (χ3v) is 5.81. The Balaban J connectivity index is 2.16. The van der Waals surface area contributed by atoms with E-state index in [1.807, 2.05) is 0 Å². The summed E-state index contributed by atoms with van der Waals surface area (Å²) in [4.78, 5) is 12.6. The summed E-state index contributed by atoms with van der Waals surface area (Å²) in [5.41, 5.74) is 0.0810. The number of fused-ring (bicyclic) bond motifs is 1. The maximum absolute atomic E-state index is 13.1. The number of benzene rings is 2. The Hall–Kier alpha value is -2.09. The van der Waals surface area contributed by atoms with E-state index in [0.29, 0.717) is 15.7 Å². The first-order valence-corrected chi connectivity index (χ1v) is 9.10. The van der Waals surface area contributed by atoms with Crippen LogP contribution in [0.15, 0.2) is 42.5 Å². The van der Waals surface area contributed by atoms with Gasteiger partial charge in [0.15, 0.2) is 9.84 Å². The molecule has 1 saturated heterocycles. The van der Waals surface area contributed by atoms with Crippen molar-refractivity contribution in [3.05, 3.63) is 42.5 Å². The lowest BCUT2D eigenvalue weighted by Gasteiger charge is -2.30. The second-order valence-corrected chi connectivity index (χ2v) is 7.96. The highest BCUT2D eigenvalue weighted by atomic mass is 32.2. The summed E-state index contributed by atoms with van der Waals surface area (Å²) < 4.78 is 62.7. The smallest absolute Gasteiger partial charge is 0.300 e. The van der Waals surface area contributed by atoms with Gasteiger partial charge in [-0.15, -0.1) is 0 Å². The van der Waals surface area contributed by atoms with Crippen LogP contribution in [0, 0.1) is 0 Å². The molecule has 1 aliphatic heterocycles. The van der Waals surface area contributed by atoms with Gasteiger partial charge in [0.1, 0.15) is 0 Å². The van der Waals surface area contributed by atoms with Crippen molar-refractivity contribution in [3.63, 3.8) is 0 Å². The fraction of sp³-hybridized carbons (Fsp3) is 0.312. The van der Waals surface area contributed by atoms with Gasteiger partial charge < -0.3 is 0 Å². The molecule has 0 aromatic heterocycles. The molecule has 0 spiro atoms. The second-order valence-electron chi connectivity index (χ2n) is 5.73. The molecule has 24 heavy (non-hydrogen) atoms. The molecular formula is C16H14F3NO3S. The number of anilines is 1. The molecule has 128 valence electrons. The molecule has 2 aromatic rings. The summed E-state index contributed by atoms with van der Waals surface area (Å²) in [5.74, 6) is -2.72. The Labute approximate surface area is 136 Å². The molecule has 1 unspecified atom stereocenters. The van der Waals surface area contributed by atoms with Crippen molar-refractivity contribution in [2.45, 2.75) is 18.6 Å². The topological polar surface area (TPSA) is 54.5 Å². The van der Waals surface area contributed by atoms with Gasteiger partial charge in [-0.2, -0.15) is 13.2 Å². The number of carbonyl (C=O) groups excluding carboxylic acids is 1. The Morgan fingerprint density at radius 2 is 1.75 bits per heavy atom. The van der Waals surface area contributed by atoms with E-state index in [2.05, 4.69) is 0 Å². The zero-order chi connectivity index (χ0) is 17.5. The van der Waals surface area contributed by atoms with Crippen molar-refractivity contribution in [2.75, 3.05) is 16.4 Å². The van der Waals surface area contributed by atoms with Crippen molar-refractivity contribution in [3.8, 4) is 0 Å². The molecule has 4 nitrogen and oxygen atoms in total. The minimum absolute atomic E-state index is 0.00657. The third kappa shape index (κ3) is 3.10. The average molecular weight is 357 g/mol. The summed E-state index contributed by atoms with van der Waals surface area (Å²) in [5, 5.41) is 1.15. The molecule has 1 amide bonds. The van der Waals surface area contributed by atoms with Crippen LogP contribution in [-0.2, 0) is 14.6 Å². The zero-order valence-electron chi connectivity index (χ0n) is 12.5. The molecule has 3 rings (SSSR count). The van der Waals surface area contributed by atoms with Crippen LogP contribution in [0.4, 0.5) is 18.9 Å². The highest BCUT2D eigenvalue weighted by molar-refractivity contribution is 7.91. The quantitative estimate of drug-likeness (QED) is 0.830. The fourth-order valence-electron chi connectivity index (χ4n) is 3.01. The minimum Gasteiger partial charge on any atom is -0.300 e. The number of carbonyl (C=O) groups is 1. The maximum Gasteiger partial charge on any atom is 0.471 e. The van der Waals surface area contributed by atoms with Gasteiger partial charge in [-0.3, -0.25) is 9.69 Å². The molecule has 0 saturated carbocycles. The van der Waals surface area contributed by atoms with E-state index in [0.717, 1.165) is 0 Å². The standard InChI is InChI=1S/C16H14F3NO3S/c17-16(18,19)15(21)20(12-8-9-24(22,23)10-12)14-7-3-5-11-4-1-2-6-13(11)14/h1-7,12H,8-10H2. The van der Waals surface area contributed by atoms with Gasteiger partial charge in [-0.1, -0.05) is 36.4 Å². The van der Waals surface area contributed by atoms with Gasteiger partial charge in [0.2, 0.25) is 0 Å². The Kier molecular flexibility index (Phi) is 4.03. The molecule has 2 aromatic carbocycles. The van der Waals surface area contributed by atoms with Crippen molar-refractivity contribution in [1.29, 1.82) is 0 Å². The lowest BCUT2D eigenvalue weighted by Crippen LogP contribution is -2.48. The number of hydrogen-bond acceptors (Lipinski definition) is 3. The van der Waals surface area contributed by atoms with Gasteiger partial charge in [0.05, 0.1) is 23.2 Å². The van der Waals surface area contributed by atoms with Crippen LogP contribution in [-0.4, -0.2) is 38.0 Å². The van der Waals surface area contributed by atoms with Crippen molar-refractivity contribution in [1.82, 2.24) is 0 Å². The van der Waals surface area contributed by atoms with Crippen molar-refractivity contribution in [2.24, 2.45) is 0 Å². The van der Waals surface area contributed by atoms with Crippen LogP contribution in [0.25, 0.3) is 10.8 Å². The Morgan fingerprint density at radius 1 is 1.08 bits per heavy atom. The Morgan fingerprint density at radius 3 is 2.38 bits per heavy atom. The van der Waals surface area contributed by atoms with E-state index in [4.69, 9.17) is 0 Å². The van der Waals surface area contributed by atoms with Crippen LogP contribution in [0.1, 0.15) is 6.42 Å². The van der Waals surface area contributed by atoms with Crippen LogP contribution in [0.5, 0.6) is 0 Å². The predicted molar refractivity (Wildman–Crippen MR) is 84.5 cm³/mol. The highest BCUT2D eigenvalue weighted by Crippen LogP contribution is 2.34. The predicted octanol–water partition coefficient (Wildman–Crippen LogP) is 2.92. The lowest BCUT2D eigenvalue weighted by atomic mass is 10.1. The fourth-order valence-corrected chi connectivity index (χ4v) is 4.71. The summed E-state index contributed by atoms with van der Waals surface area (Å²) in [6.07, 6.45) is -5.09. The molecule has 0 aliphatic carbocycles. The van der Waals surface area contributed by atoms with Gasteiger partial charge in [0, 0.05) is 5.39 Å². The number of rotatable bonds is 2. The number of hydrogen-bond donors (Lipinski definition) is 0. The van der Waals surface area contributed by atoms with E-state index in [-0.39, 0.29) is 17.9 Å². The number of alkyl halides is 3. The van der Waals surface area contributed by atoms with E-state index in [1.165, 1.54) is 6.07 Å². The largest absolute Gasteiger partial charge is 0.471 e. The number of halogens is 3. The average Bonchev–Trinajstić information content (AvgIpc) is 2.86. The van der Waals surface area contributed by atoms with Crippen molar-refractivity contribution >= 4 is 32.2 Å². The highest BCUT2D eigenvalue weighted by Gasteiger charge is 2.47. The first kappa shape index (κ1) is 16.8. The molecule has 8 heteroatoms. The van der Waals surface area contributed by atoms with E-state index < -0.39 is 33.7 Å². The third-order valence-electron chi connectivity index (χ3n) is 4.06. The van der Waals surface area contributed by atoms with Crippen LogP contribution in [0.3, 0.4) is 0 Å². The van der Waals surface area contributed by atoms with Crippen LogP contribution in [0.2, 0.25) is 0 Å². The van der Waals surface area contributed by atoms with Crippen molar-refractivity contribution < 1.29 is 26.4 Å². The molecule has 0 N–H and O–H groups in total. The van der Waals surface area contributed by atoms with Crippen LogP contribution < -0.4 is 4.90 Å². The molecule has 1 heterocycles.